The molecule has 4 aliphatic carbocycles. The smallest absolute Gasteiger partial charge is 0.123 e. The van der Waals surface area contributed by atoms with E-state index < -0.39 is 0 Å². The second-order valence-corrected chi connectivity index (χ2v) is 23.4. The van der Waals surface area contributed by atoms with Crippen molar-refractivity contribution in [1.29, 1.82) is 0 Å². The maximum Gasteiger partial charge on any atom is 0.123 e. The average molecular weight is 941 g/mol. The van der Waals surface area contributed by atoms with Crippen LogP contribution in [0.2, 0.25) is 0 Å². The van der Waals surface area contributed by atoms with Crippen molar-refractivity contribution >= 4 is 0 Å². The highest BCUT2D eigenvalue weighted by Gasteiger charge is 2.40. The molecule has 0 unspecified atom stereocenters. The SMILES string of the molecule is CC1(C)c2ccccc2-c2ccc(-c3ccc4c(c3)C(C)(C)c3cc(-c5ccc6c(c5)C(C)(C)c5cc(-c7ccc8c(c7)C(C)(C)c7cc(-c9ccccc9-c9ccc(F)cc9)ccc7-8)ccc5-6)ccc3-4)cc21. The van der Waals surface area contributed by atoms with Crippen molar-refractivity contribution in [3.63, 3.8) is 0 Å². The van der Waals surface area contributed by atoms with E-state index in [2.05, 4.69) is 231 Å². The van der Waals surface area contributed by atoms with E-state index in [0.717, 1.165) is 16.7 Å². The zero-order chi connectivity index (χ0) is 49.9. The highest BCUT2D eigenvalue weighted by atomic mass is 19.1. The predicted molar refractivity (Wildman–Crippen MR) is 304 cm³/mol. The second-order valence-electron chi connectivity index (χ2n) is 23.4. The Kier molecular flexibility index (Phi) is 9.07. The Bertz CT molecular complexity index is 4020. The van der Waals surface area contributed by atoms with Crippen molar-refractivity contribution in [2.75, 3.05) is 0 Å². The van der Waals surface area contributed by atoms with Gasteiger partial charge in [-0.05, 0) is 199 Å². The normalized spacial score (nSPS) is 15.9. The van der Waals surface area contributed by atoms with Gasteiger partial charge < -0.3 is 0 Å². The molecule has 0 amide bonds. The lowest BCUT2D eigenvalue weighted by atomic mass is 9.79. The maximum absolute atomic E-state index is 13.9. The van der Waals surface area contributed by atoms with Gasteiger partial charge >= 0.3 is 0 Å². The molecule has 4 aliphatic rings. The first-order chi connectivity index (χ1) is 35.1. The fourth-order valence-electron chi connectivity index (χ4n) is 13.8. The molecule has 0 fully saturated rings. The van der Waals surface area contributed by atoms with Gasteiger partial charge in [0.25, 0.3) is 0 Å². The van der Waals surface area contributed by atoms with E-state index in [-0.39, 0.29) is 27.5 Å². The van der Waals surface area contributed by atoms with E-state index in [0.29, 0.717) is 0 Å². The van der Waals surface area contributed by atoms with Crippen LogP contribution in [0.1, 0.15) is 99.9 Å². The van der Waals surface area contributed by atoms with E-state index >= 15 is 0 Å². The Morgan fingerprint density at radius 3 is 0.753 bits per heavy atom. The Labute approximate surface area is 429 Å². The molecule has 0 nitrogen and oxygen atoms in total. The van der Waals surface area contributed by atoms with Crippen LogP contribution in [0.15, 0.2) is 200 Å². The van der Waals surface area contributed by atoms with Crippen molar-refractivity contribution < 1.29 is 4.39 Å². The second kappa shape index (κ2) is 15.1. The first-order valence-corrected chi connectivity index (χ1v) is 26.1. The standard InChI is InChI=1S/C72H57F/c1-69(2)61-16-12-11-15-53(61)54-28-19-43(35-62(54)69)44-20-29-55-56-30-21-45(37-64(56)70(3,4)63(55)36-44)46-22-31-57-58-32-23-47(39-66(58)71(5,6)65(57)38-46)48-24-33-59-60-34-25-49(41-68(60)72(7,8)67(59)40-48)52-14-10-9-13-51(52)42-17-26-50(73)27-18-42/h9-41H,1-8H3. The minimum atomic E-state index is -0.222. The largest absolute Gasteiger partial charge is 0.207 e. The molecule has 0 bridgehead atoms. The number of halogens is 1. The highest BCUT2D eigenvalue weighted by Crippen LogP contribution is 2.56. The summed E-state index contributed by atoms with van der Waals surface area (Å²) >= 11 is 0. The summed E-state index contributed by atoms with van der Waals surface area (Å²) < 4.78 is 13.9. The van der Waals surface area contributed by atoms with Gasteiger partial charge in [-0.25, -0.2) is 4.39 Å². The third-order valence-corrected chi connectivity index (χ3v) is 18.0. The monoisotopic (exact) mass is 940 g/mol. The quantitative estimate of drug-likeness (QED) is 0.161. The molecule has 1 heteroatoms. The van der Waals surface area contributed by atoms with Crippen molar-refractivity contribution in [2.45, 2.75) is 77.0 Å². The molecule has 0 N–H and O–H groups in total. The summed E-state index contributed by atoms with van der Waals surface area (Å²) in [5.41, 5.74) is 33.2. The van der Waals surface area contributed by atoms with Gasteiger partial charge in [0.05, 0.1) is 0 Å². The van der Waals surface area contributed by atoms with Crippen LogP contribution in [0.25, 0.3) is 100 Å². The van der Waals surface area contributed by atoms with Crippen LogP contribution in [0, 0.1) is 5.82 Å². The predicted octanol–water partition coefficient (Wildman–Crippen LogP) is 19.4. The first kappa shape index (κ1) is 43.9. The topological polar surface area (TPSA) is 0 Å². The highest BCUT2D eigenvalue weighted by molar-refractivity contribution is 5.92. The van der Waals surface area contributed by atoms with Crippen molar-refractivity contribution in [1.82, 2.24) is 0 Å². The van der Waals surface area contributed by atoms with Crippen LogP contribution >= 0.6 is 0 Å². The van der Waals surface area contributed by atoms with E-state index in [1.54, 1.807) is 12.1 Å². The van der Waals surface area contributed by atoms with Gasteiger partial charge in [0.2, 0.25) is 0 Å². The van der Waals surface area contributed by atoms with E-state index in [9.17, 15) is 4.39 Å². The zero-order valence-electron chi connectivity index (χ0n) is 42.9. The molecule has 10 aromatic carbocycles. The fourth-order valence-corrected chi connectivity index (χ4v) is 13.8. The third kappa shape index (κ3) is 6.24. The van der Waals surface area contributed by atoms with Gasteiger partial charge in [0.1, 0.15) is 5.82 Å². The molecule has 0 heterocycles. The van der Waals surface area contributed by atoms with Crippen LogP contribution in [0.3, 0.4) is 0 Å². The Morgan fingerprint density at radius 2 is 0.425 bits per heavy atom. The van der Waals surface area contributed by atoms with Crippen molar-refractivity contribution in [3.8, 4) is 100 Å². The average Bonchev–Trinajstić information content (AvgIpc) is 3.97. The number of rotatable bonds is 5. The molecule has 0 atom stereocenters. The van der Waals surface area contributed by atoms with Crippen LogP contribution in [0.4, 0.5) is 4.39 Å². The van der Waals surface area contributed by atoms with Gasteiger partial charge in [-0.2, -0.15) is 0 Å². The molecule has 0 aliphatic heterocycles. The summed E-state index contributed by atoms with van der Waals surface area (Å²) in [5.74, 6) is -0.222. The zero-order valence-corrected chi connectivity index (χ0v) is 42.9. The Morgan fingerprint density at radius 1 is 0.205 bits per heavy atom. The summed E-state index contributed by atoms with van der Waals surface area (Å²) in [6, 6.07) is 74.0. The summed E-state index contributed by atoms with van der Waals surface area (Å²) in [5, 5.41) is 0. The van der Waals surface area contributed by atoms with Gasteiger partial charge in [0.15, 0.2) is 0 Å². The fraction of sp³-hybridized carbons (Fsp3) is 0.167. The lowest BCUT2D eigenvalue weighted by Crippen LogP contribution is -2.16. The van der Waals surface area contributed by atoms with Crippen molar-refractivity contribution in [2.24, 2.45) is 0 Å². The summed E-state index contributed by atoms with van der Waals surface area (Å²) in [7, 11) is 0. The maximum atomic E-state index is 13.9. The summed E-state index contributed by atoms with van der Waals surface area (Å²) in [6.45, 7) is 19.1. The molecule has 0 aromatic heterocycles. The van der Waals surface area contributed by atoms with Gasteiger partial charge in [-0.3, -0.25) is 0 Å². The van der Waals surface area contributed by atoms with E-state index in [4.69, 9.17) is 0 Å². The molecular formula is C72H57F. The summed E-state index contributed by atoms with van der Waals surface area (Å²) in [4.78, 5) is 0. The minimum absolute atomic E-state index is 0.0322. The molecule has 0 saturated carbocycles. The van der Waals surface area contributed by atoms with Gasteiger partial charge in [-0.1, -0.05) is 201 Å². The van der Waals surface area contributed by atoms with Crippen molar-refractivity contribution in [3.05, 3.63) is 251 Å². The molecule has 14 rings (SSSR count). The molecule has 73 heavy (non-hydrogen) atoms. The lowest BCUT2D eigenvalue weighted by molar-refractivity contribution is 0.628. The molecule has 0 radical (unpaired) electrons. The van der Waals surface area contributed by atoms with Gasteiger partial charge in [0, 0.05) is 21.7 Å². The molecule has 352 valence electrons. The van der Waals surface area contributed by atoms with Crippen LogP contribution in [0.5, 0.6) is 0 Å². The Balaban J connectivity index is 0.749. The van der Waals surface area contributed by atoms with Crippen LogP contribution in [-0.4, -0.2) is 0 Å². The lowest BCUT2D eigenvalue weighted by Gasteiger charge is -2.24. The molecule has 0 spiro atoms. The molecular weight excluding hydrogens is 884 g/mol. The van der Waals surface area contributed by atoms with Crippen LogP contribution in [-0.2, 0) is 21.7 Å². The number of benzene rings is 10. The minimum Gasteiger partial charge on any atom is -0.207 e. The first-order valence-electron chi connectivity index (χ1n) is 26.1. The number of fused-ring (bicyclic) bond motifs is 12. The Hall–Kier alpha value is -7.87. The van der Waals surface area contributed by atoms with Gasteiger partial charge in [-0.15, -0.1) is 0 Å². The number of hydrogen-bond donors (Lipinski definition) is 0. The van der Waals surface area contributed by atoms with Crippen LogP contribution < -0.4 is 0 Å². The van der Waals surface area contributed by atoms with E-state index in [1.807, 2.05) is 12.1 Å². The van der Waals surface area contributed by atoms with E-state index in [1.165, 1.54) is 128 Å². The molecule has 10 aromatic rings. The summed E-state index contributed by atoms with van der Waals surface area (Å²) in [6.07, 6.45) is 0. The molecule has 0 saturated heterocycles. The third-order valence-electron chi connectivity index (χ3n) is 18.0. The number of hydrogen-bond acceptors (Lipinski definition) is 0.